The number of carbonyl (C=O) groups excluding carboxylic acids is 1. The van der Waals surface area contributed by atoms with E-state index in [-0.39, 0.29) is 12.5 Å². The number of amides is 1. The average Bonchev–Trinajstić information content (AvgIpc) is 2.49. The molecule has 0 heterocycles. The second kappa shape index (κ2) is 8.79. The van der Waals surface area contributed by atoms with E-state index in [1.54, 1.807) is 25.3 Å². The number of ether oxygens (including phenoxy) is 1. The number of aliphatic carboxylic acids is 1. The molecule has 0 radical (unpaired) electrons. The van der Waals surface area contributed by atoms with E-state index in [1.807, 2.05) is 19.1 Å². The van der Waals surface area contributed by atoms with Gasteiger partial charge in [0.1, 0.15) is 5.75 Å². The van der Waals surface area contributed by atoms with Crippen molar-refractivity contribution < 1.29 is 19.4 Å². The van der Waals surface area contributed by atoms with Crippen LogP contribution in [0.4, 0.5) is 0 Å². The number of carboxylic acids is 1. The maximum atomic E-state index is 11.7. The van der Waals surface area contributed by atoms with Gasteiger partial charge in [-0.25, -0.2) is 0 Å². The monoisotopic (exact) mass is 291 g/mol. The summed E-state index contributed by atoms with van der Waals surface area (Å²) in [7, 11) is 1.59. The van der Waals surface area contributed by atoms with Crippen LogP contribution in [0, 0.1) is 5.92 Å². The van der Waals surface area contributed by atoms with Gasteiger partial charge in [0.2, 0.25) is 5.91 Å². The van der Waals surface area contributed by atoms with Crippen LogP contribution in [-0.4, -0.2) is 30.6 Å². The molecule has 0 spiro atoms. The first-order valence-corrected chi connectivity index (χ1v) is 6.89. The van der Waals surface area contributed by atoms with Gasteiger partial charge >= 0.3 is 5.97 Å². The molecule has 5 heteroatoms. The number of benzene rings is 1. The van der Waals surface area contributed by atoms with E-state index in [4.69, 9.17) is 9.84 Å². The first-order valence-electron chi connectivity index (χ1n) is 6.89. The Balaban J connectivity index is 2.48. The first-order chi connectivity index (χ1) is 10.1. The zero-order valence-corrected chi connectivity index (χ0v) is 12.3. The molecule has 0 bridgehead atoms. The number of carboxylic acid groups (broad SMARTS) is 1. The molecule has 5 nitrogen and oxygen atoms in total. The van der Waals surface area contributed by atoms with Crippen LogP contribution < -0.4 is 10.1 Å². The lowest BCUT2D eigenvalue weighted by atomic mass is 10.0. The van der Waals surface area contributed by atoms with E-state index in [1.165, 1.54) is 6.08 Å². The quantitative estimate of drug-likeness (QED) is 0.721. The first kappa shape index (κ1) is 16.8. The molecule has 1 atom stereocenters. The highest BCUT2D eigenvalue weighted by Crippen LogP contribution is 2.12. The molecule has 1 aromatic rings. The van der Waals surface area contributed by atoms with Crippen molar-refractivity contribution in [1.29, 1.82) is 0 Å². The molecule has 0 saturated heterocycles. The molecule has 114 valence electrons. The van der Waals surface area contributed by atoms with Crippen LogP contribution in [-0.2, 0) is 9.59 Å². The van der Waals surface area contributed by atoms with Crippen molar-refractivity contribution in [3.05, 3.63) is 35.9 Å². The Morgan fingerprint density at radius 2 is 2.00 bits per heavy atom. The zero-order chi connectivity index (χ0) is 15.7. The van der Waals surface area contributed by atoms with Crippen LogP contribution >= 0.6 is 0 Å². The predicted molar refractivity (Wildman–Crippen MR) is 81.1 cm³/mol. The van der Waals surface area contributed by atoms with Gasteiger partial charge in [-0.15, -0.1) is 0 Å². The fourth-order valence-electron chi connectivity index (χ4n) is 1.83. The molecule has 0 aliphatic heterocycles. The predicted octanol–water partition coefficient (Wildman–Crippen LogP) is 2.33. The number of carbonyl (C=O) groups is 2. The Morgan fingerprint density at radius 1 is 1.33 bits per heavy atom. The minimum atomic E-state index is -0.878. The van der Waals surface area contributed by atoms with Crippen molar-refractivity contribution in [1.82, 2.24) is 5.32 Å². The van der Waals surface area contributed by atoms with E-state index >= 15 is 0 Å². The van der Waals surface area contributed by atoms with Crippen LogP contribution in [0.25, 0.3) is 6.08 Å². The molecule has 1 rings (SSSR count). The van der Waals surface area contributed by atoms with Gasteiger partial charge < -0.3 is 15.2 Å². The van der Waals surface area contributed by atoms with Crippen LogP contribution in [0.15, 0.2) is 30.3 Å². The van der Waals surface area contributed by atoms with Gasteiger partial charge in [0.25, 0.3) is 0 Å². The molecule has 0 aromatic heterocycles. The highest BCUT2D eigenvalue weighted by molar-refractivity contribution is 5.91. The highest BCUT2D eigenvalue weighted by Gasteiger charge is 2.16. The van der Waals surface area contributed by atoms with Crippen molar-refractivity contribution in [2.45, 2.75) is 19.8 Å². The molecular formula is C16H21NO4. The van der Waals surface area contributed by atoms with Gasteiger partial charge in [-0.05, 0) is 30.2 Å². The highest BCUT2D eigenvalue weighted by atomic mass is 16.5. The summed E-state index contributed by atoms with van der Waals surface area (Å²) in [6.45, 7) is 2.07. The molecule has 1 unspecified atom stereocenters. The van der Waals surface area contributed by atoms with Crippen LogP contribution in [0.1, 0.15) is 25.3 Å². The molecule has 0 saturated carbocycles. The summed E-state index contributed by atoms with van der Waals surface area (Å²) in [6.07, 6.45) is 4.39. The third-order valence-corrected chi connectivity index (χ3v) is 3.05. The van der Waals surface area contributed by atoms with E-state index in [0.717, 1.165) is 17.7 Å². The maximum Gasteiger partial charge on any atom is 0.308 e. The lowest BCUT2D eigenvalue weighted by Crippen LogP contribution is -2.31. The molecule has 0 aliphatic carbocycles. The Labute approximate surface area is 124 Å². The van der Waals surface area contributed by atoms with Crippen molar-refractivity contribution in [3.63, 3.8) is 0 Å². The third kappa shape index (κ3) is 6.12. The third-order valence-electron chi connectivity index (χ3n) is 3.05. The molecule has 0 aliphatic rings. The maximum absolute atomic E-state index is 11.7. The lowest BCUT2D eigenvalue weighted by molar-refractivity contribution is -0.141. The van der Waals surface area contributed by atoms with Crippen molar-refractivity contribution in [2.75, 3.05) is 13.7 Å². The summed E-state index contributed by atoms with van der Waals surface area (Å²) >= 11 is 0. The average molecular weight is 291 g/mol. The Bertz CT molecular complexity index is 494. The number of hydrogen-bond acceptors (Lipinski definition) is 3. The number of nitrogens with one attached hydrogen (secondary N) is 1. The van der Waals surface area contributed by atoms with Gasteiger partial charge in [0, 0.05) is 12.6 Å². The molecule has 1 aromatic carbocycles. The van der Waals surface area contributed by atoms with Crippen molar-refractivity contribution in [3.8, 4) is 5.75 Å². The van der Waals surface area contributed by atoms with E-state index in [2.05, 4.69) is 5.32 Å². The van der Waals surface area contributed by atoms with Crippen molar-refractivity contribution >= 4 is 18.0 Å². The van der Waals surface area contributed by atoms with Gasteiger partial charge in [0.05, 0.1) is 13.0 Å². The normalized spacial score (nSPS) is 12.1. The minimum absolute atomic E-state index is 0.148. The standard InChI is InChI=1S/C16H21NO4/c1-3-4-13(16(19)20)11-17-15(18)10-7-12-5-8-14(21-2)9-6-12/h5-10,13H,3-4,11H2,1-2H3,(H,17,18)(H,19,20). The molecule has 2 N–H and O–H groups in total. The summed E-state index contributed by atoms with van der Waals surface area (Å²) in [6, 6.07) is 7.28. The fraction of sp³-hybridized carbons (Fsp3) is 0.375. The molecule has 1 amide bonds. The fourth-order valence-corrected chi connectivity index (χ4v) is 1.83. The SMILES string of the molecule is CCCC(CNC(=O)C=Cc1ccc(OC)cc1)C(=O)O. The smallest absolute Gasteiger partial charge is 0.308 e. The van der Waals surface area contributed by atoms with E-state index in [0.29, 0.717) is 6.42 Å². The largest absolute Gasteiger partial charge is 0.497 e. The summed E-state index contributed by atoms with van der Waals surface area (Å²) in [5.74, 6) is -0.960. The Kier molecular flexibility index (Phi) is 7.01. The summed E-state index contributed by atoms with van der Waals surface area (Å²) < 4.78 is 5.05. The number of methoxy groups -OCH3 is 1. The number of rotatable bonds is 8. The zero-order valence-electron chi connectivity index (χ0n) is 12.3. The molecule has 0 fully saturated rings. The van der Waals surface area contributed by atoms with Gasteiger partial charge in [-0.3, -0.25) is 9.59 Å². The van der Waals surface area contributed by atoms with Crippen LogP contribution in [0.5, 0.6) is 5.75 Å². The van der Waals surface area contributed by atoms with Crippen LogP contribution in [0.3, 0.4) is 0 Å². The summed E-state index contributed by atoms with van der Waals surface area (Å²) in [5, 5.41) is 11.6. The second-order valence-electron chi connectivity index (χ2n) is 4.68. The minimum Gasteiger partial charge on any atom is -0.497 e. The van der Waals surface area contributed by atoms with E-state index < -0.39 is 11.9 Å². The van der Waals surface area contributed by atoms with Crippen LogP contribution in [0.2, 0.25) is 0 Å². The van der Waals surface area contributed by atoms with Gasteiger partial charge in [-0.1, -0.05) is 25.5 Å². The van der Waals surface area contributed by atoms with E-state index in [9.17, 15) is 9.59 Å². The topological polar surface area (TPSA) is 75.6 Å². The number of hydrogen-bond donors (Lipinski definition) is 2. The Morgan fingerprint density at radius 3 is 2.52 bits per heavy atom. The summed E-state index contributed by atoms with van der Waals surface area (Å²) in [4.78, 5) is 22.6. The summed E-state index contributed by atoms with van der Waals surface area (Å²) in [5.41, 5.74) is 0.870. The molecule has 21 heavy (non-hydrogen) atoms. The van der Waals surface area contributed by atoms with Gasteiger partial charge in [0.15, 0.2) is 0 Å². The second-order valence-corrected chi connectivity index (χ2v) is 4.68. The molecular weight excluding hydrogens is 270 g/mol. The lowest BCUT2D eigenvalue weighted by Gasteiger charge is -2.10. The van der Waals surface area contributed by atoms with Crippen molar-refractivity contribution in [2.24, 2.45) is 5.92 Å². The van der Waals surface area contributed by atoms with Gasteiger partial charge in [-0.2, -0.15) is 0 Å². The Hall–Kier alpha value is -2.30.